The third kappa shape index (κ3) is 3.53. The molecule has 4 rings (SSSR count). The number of nitrogens with zero attached hydrogens (tertiary/aromatic N) is 3. The number of nitro groups is 1. The molecule has 0 N–H and O–H groups in total. The van der Waals surface area contributed by atoms with Gasteiger partial charge >= 0.3 is 0 Å². The van der Waals surface area contributed by atoms with Crippen molar-refractivity contribution < 1.29 is 18.8 Å². The van der Waals surface area contributed by atoms with Crippen LogP contribution < -0.4 is 9.64 Å². The molecule has 0 radical (unpaired) electrons. The SMILES string of the molecule is COc1cc(N2CC3OCCN(Cc4ccccc4)C3C2)c([N+](=O)[O-])cc1F. The maximum atomic E-state index is 14.0. The topological polar surface area (TPSA) is 68.1 Å². The van der Waals surface area contributed by atoms with Crippen molar-refractivity contribution in [2.75, 3.05) is 38.3 Å². The van der Waals surface area contributed by atoms with Gasteiger partial charge in [-0.15, -0.1) is 0 Å². The lowest BCUT2D eigenvalue weighted by Gasteiger charge is -2.36. The first-order valence-corrected chi connectivity index (χ1v) is 9.23. The number of anilines is 1. The van der Waals surface area contributed by atoms with Crippen molar-refractivity contribution in [1.29, 1.82) is 0 Å². The molecule has 0 aromatic heterocycles. The second-order valence-electron chi connectivity index (χ2n) is 7.07. The van der Waals surface area contributed by atoms with Crippen LogP contribution in [0.2, 0.25) is 0 Å². The Morgan fingerprint density at radius 3 is 2.79 bits per heavy atom. The van der Waals surface area contributed by atoms with Gasteiger partial charge < -0.3 is 14.4 Å². The molecular weight excluding hydrogens is 365 g/mol. The molecule has 2 aromatic carbocycles. The van der Waals surface area contributed by atoms with Crippen molar-refractivity contribution in [2.24, 2.45) is 0 Å². The van der Waals surface area contributed by atoms with Gasteiger partial charge in [-0.3, -0.25) is 15.0 Å². The highest BCUT2D eigenvalue weighted by Crippen LogP contribution is 2.38. The fourth-order valence-electron chi connectivity index (χ4n) is 4.06. The Hall–Kier alpha value is -2.71. The van der Waals surface area contributed by atoms with Crippen LogP contribution in [0.5, 0.6) is 5.75 Å². The van der Waals surface area contributed by atoms with E-state index in [1.54, 1.807) is 0 Å². The largest absolute Gasteiger partial charge is 0.494 e. The minimum atomic E-state index is -0.739. The Labute approximate surface area is 162 Å². The summed E-state index contributed by atoms with van der Waals surface area (Å²) in [5, 5.41) is 11.5. The first-order valence-electron chi connectivity index (χ1n) is 9.23. The molecule has 2 atom stereocenters. The number of benzene rings is 2. The maximum absolute atomic E-state index is 14.0. The third-order valence-corrected chi connectivity index (χ3v) is 5.43. The van der Waals surface area contributed by atoms with Crippen LogP contribution in [0, 0.1) is 15.9 Å². The van der Waals surface area contributed by atoms with Crippen molar-refractivity contribution >= 4 is 11.4 Å². The van der Waals surface area contributed by atoms with Gasteiger partial charge in [-0.25, -0.2) is 4.39 Å². The molecule has 0 bridgehead atoms. The number of hydrogen-bond acceptors (Lipinski definition) is 6. The van der Waals surface area contributed by atoms with Crippen molar-refractivity contribution in [3.8, 4) is 5.75 Å². The lowest BCUT2D eigenvalue weighted by molar-refractivity contribution is -0.384. The summed E-state index contributed by atoms with van der Waals surface area (Å²) in [5.74, 6) is -0.742. The van der Waals surface area contributed by atoms with Gasteiger partial charge in [-0.1, -0.05) is 30.3 Å². The van der Waals surface area contributed by atoms with E-state index >= 15 is 0 Å². The quantitative estimate of drug-likeness (QED) is 0.581. The van der Waals surface area contributed by atoms with Gasteiger partial charge in [0.25, 0.3) is 5.69 Å². The van der Waals surface area contributed by atoms with Gasteiger partial charge in [0.2, 0.25) is 0 Å². The summed E-state index contributed by atoms with van der Waals surface area (Å²) in [6.45, 7) is 3.32. The number of halogens is 1. The summed E-state index contributed by atoms with van der Waals surface area (Å²) in [6, 6.07) is 12.7. The van der Waals surface area contributed by atoms with E-state index in [1.165, 1.54) is 18.7 Å². The van der Waals surface area contributed by atoms with Crippen LogP contribution >= 0.6 is 0 Å². The normalized spacial score (nSPS) is 22.1. The molecule has 0 saturated carbocycles. The standard InChI is InChI=1S/C20H22FN3O4/c1-27-19-10-16(17(24(25)26)9-15(19)21)23-12-18-20(13-23)28-8-7-22(18)11-14-5-3-2-4-6-14/h2-6,9-10,18,20H,7-8,11-13H2,1H3. The molecule has 0 amide bonds. The van der Waals surface area contributed by atoms with E-state index in [1.807, 2.05) is 23.1 Å². The molecule has 7 nitrogen and oxygen atoms in total. The minimum Gasteiger partial charge on any atom is -0.494 e. The predicted octanol–water partition coefficient (Wildman–Crippen LogP) is 2.83. The fraction of sp³-hybridized carbons (Fsp3) is 0.400. The van der Waals surface area contributed by atoms with E-state index in [0.29, 0.717) is 25.4 Å². The number of morpholine rings is 1. The van der Waals surface area contributed by atoms with Crippen LogP contribution in [0.1, 0.15) is 5.56 Å². The van der Waals surface area contributed by atoms with Crippen LogP contribution in [0.3, 0.4) is 0 Å². The molecule has 0 spiro atoms. The second-order valence-corrected chi connectivity index (χ2v) is 7.07. The first kappa shape index (κ1) is 18.6. The van der Waals surface area contributed by atoms with Crippen molar-refractivity contribution in [3.63, 3.8) is 0 Å². The number of hydrogen-bond donors (Lipinski definition) is 0. The van der Waals surface area contributed by atoms with Gasteiger partial charge in [0.15, 0.2) is 11.6 Å². The zero-order chi connectivity index (χ0) is 19.7. The highest BCUT2D eigenvalue weighted by molar-refractivity contribution is 5.67. The molecule has 2 aliphatic rings. The van der Waals surface area contributed by atoms with Crippen LogP contribution in [0.15, 0.2) is 42.5 Å². The lowest BCUT2D eigenvalue weighted by Crippen LogP contribution is -2.50. The predicted molar refractivity (Wildman–Crippen MR) is 102 cm³/mol. The van der Waals surface area contributed by atoms with Crippen molar-refractivity contribution in [2.45, 2.75) is 18.7 Å². The summed E-state index contributed by atoms with van der Waals surface area (Å²) >= 11 is 0. The maximum Gasteiger partial charge on any atom is 0.295 e. The molecule has 28 heavy (non-hydrogen) atoms. The Balaban J connectivity index is 1.59. The zero-order valence-corrected chi connectivity index (χ0v) is 15.6. The van der Waals surface area contributed by atoms with E-state index in [9.17, 15) is 14.5 Å². The van der Waals surface area contributed by atoms with E-state index < -0.39 is 10.7 Å². The highest BCUT2D eigenvalue weighted by Gasteiger charge is 2.42. The van der Waals surface area contributed by atoms with Gasteiger partial charge in [0.05, 0.1) is 36.9 Å². The van der Waals surface area contributed by atoms with Gasteiger partial charge in [0, 0.05) is 32.2 Å². The number of nitro benzene ring substituents is 1. The molecule has 2 aromatic rings. The Bertz CT molecular complexity index is 864. The Morgan fingerprint density at radius 1 is 1.29 bits per heavy atom. The molecular formula is C20H22FN3O4. The second kappa shape index (κ2) is 7.73. The average Bonchev–Trinajstić information content (AvgIpc) is 3.13. The molecule has 8 heteroatoms. The minimum absolute atomic E-state index is 0.00229. The third-order valence-electron chi connectivity index (χ3n) is 5.43. The average molecular weight is 387 g/mol. The molecule has 2 aliphatic heterocycles. The zero-order valence-electron chi connectivity index (χ0n) is 15.6. The van der Waals surface area contributed by atoms with Gasteiger partial charge in [0.1, 0.15) is 5.69 Å². The molecule has 148 valence electrons. The Morgan fingerprint density at radius 2 is 2.07 bits per heavy atom. The first-order chi connectivity index (χ1) is 13.6. The number of fused-ring (bicyclic) bond motifs is 1. The van der Waals surface area contributed by atoms with Crippen molar-refractivity contribution in [3.05, 3.63) is 64.0 Å². The molecule has 0 aliphatic carbocycles. The van der Waals surface area contributed by atoms with E-state index in [-0.39, 0.29) is 23.6 Å². The highest BCUT2D eigenvalue weighted by atomic mass is 19.1. The molecule has 2 heterocycles. The fourth-order valence-corrected chi connectivity index (χ4v) is 4.06. The molecule has 2 unspecified atom stereocenters. The van der Waals surface area contributed by atoms with Crippen molar-refractivity contribution in [1.82, 2.24) is 4.90 Å². The van der Waals surface area contributed by atoms with Crippen LogP contribution in [0.25, 0.3) is 0 Å². The summed E-state index contributed by atoms with van der Waals surface area (Å²) in [6.07, 6.45) is -0.0480. The van der Waals surface area contributed by atoms with Crippen LogP contribution in [-0.4, -0.2) is 55.3 Å². The summed E-state index contributed by atoms with van der Waals surface area (Å²) in [7, 11) is 1.35. The number of methoxy groups -OCH3 is 1. The molecule has 2 fully saturated rings. The van der Waals surface area contributed by atoms with Crippen LogP contribution in [0.4, 0.5) is 15.8 Å². The lowest BCUT2D eigenvalue weighted by atomic mass is 10.1. The molecule has 2 saturated heterocycles. The summed E-state index contributed by atoms with van der Waals surface area (Å²) in [5.41, 5.74) is 1.32. The van der Waals surface area contributed by atoms with Gasteiger partial charge in [-0.05, 0) is 5.56 Å². The number of rotatable bonds is 5. The smallest absolute Gasteiger partial charge is 0.295 e. The van der Waals surface area contributed by atoms with E-state index in [2.05, 4.69) is 17.0 Å². The monoisotopic (exact) mass is 387 g/mol. The summed E-state index contributed by atoms with van der Waals surface area (Å²) < 4.78 is 25.0. The van der Waals surface area contributed by atoms with Gasteiger partial charge in [-0.2, -0.15) is 0 Å². The van der Waals surface area contributed by atoms with Crippen LogP contribution in [-0.2, 0) is 11.3 Å². The van der Waals surface area contributed by atoms with E-state index in [4.69, 9.17) is 9.47 Å². The summed E-state index contributed by atoms with van der Waals surface area (Å²) in [4.78, 5) is 15.2. The Kier molecular flexibility index (Phi) is 5.15. The van der Waals surface area contributed by atoms with E-state index in [0.717, 1.165) is 19.2 Å². The number of ether oxygens (including phenoxy) is 2.